The number of anilines is 2. The van der Waals surface area contributed by atoms with Crippen LogP contribution in [-0.2, 0) is 4.79 Å². The molecule has 2 rings (SSSR count). The second-order valence-electron chi connectivity index (χ2n) is 3.35. The molecule has 1 saturated carbocycles. The van der Waals surface area contributed by atoms with E-state index in [4.69, 9.17) is 5.73 Å². The zero-order valence-electron chi connectivity index (χ0n) is 7.66. The van der Waals surface area contributed by atoms with Crippen molar-refractivity contribution in [1.29, 1.82) is 0 Å². The third kappa shape index (κ3) is 1.93. The van der Waals surface area contributed by atoms with Crippen molar-refractivity contribution in [3.05, 3.63) is 18.5 Å². The number of nitrogens with one attached hydrogen (secondary N) is 2. The van der Waals surface area contributed by atoms with E-state index in [0.29, 0.717) is 11.4 Å². The van der Waals surface area contributed by atoms with E-state index >= 15 is 0 Å². The van der Waals surface area contributed by atoms with Crippen molar-refractivity contribution >= 4 is 17.3 Å². The molecule has 0 bridgehead atoms. The topological polar surface area (TPSA) is 80.0 Å². The molecule has 0 unspecified atom stereocenters. The minimum absolute atomic E-state index is 0.0289. The van der Waals surface area contributed by atoms with Gasteiger partial charge in [-0.3, -0.25) is 20.6 Å². The Bertz CT molecular complexity index is 348. The van der Waals surface area contributed by atoms with Crippen LogP contribution >= 0.6 is 0 Å². The molecule has 4 N–H and O–H groups in total. The van der Waals surface area contributed by atoms with Gasteiger partial charge in [-0.2, -0.15) is 0 Å². The summed E-state index contributed by atoms with van der Waals surface area (Å²) in [6, 6.07) is 1.71. The van der Waals surface area contributed by atoms with Gasteiger partial charge in [0.05, 0.1) is 17.6 Å². The van der Waals surface area contributed by atoms with Gasteiger partial charge in [-0.05, 0) is 18.9 Å². The lowest BCUT2D eigenvalue weighted by atomic mass is 10.3. The summed E-state index contributed by atoms with van der Waals surface area (Å²) < 4.78 is 0. The average molecular weight is 192 g/mol. The van der Waals surface area contributed by atoms with Crippen LogP contribution in [0, 0.1) is 5.92 Å². The number of carbonyl (C=O) groups excluding carboxylic acids is 1. The maximum absolute atomic E-state index is 11.3. The summed E-state index contributed by atoms with van der Waals surface area (Å²) in [5.74, 6) is 0.215. The Morgan fingerprint density at radius 3 is 3.00 bits per heavy atom. The van der Waals surface area contributed by atoms with Crippen molar-refractivity contribution in [3.8, 4) is 0 Å². The summed E-state index contributed by atoms with van der Waals surface area (Å²) in [6.07, 6.45) is 5.12. The van der Waals surface area contributed by atoms with Crippen LogP contribution in [0.4, 0.5) is 11.4 Å². The minimum Gasteiger partial charge on any atom is -0.396 e. The number of carbonyl (C=O) groups is 1. The molecule has 1 aliphatic rings. The predicted octanol–water partition coefficient (Wildman–Crippen LogP) is 0.517. The van der Waals surface area contributed by atoms with E-state index in [2.05, 4.69) is 15.8 Å². The molecule has 0 atom stereocenters. The largest absolute Gasteiger partial charge is 0.396 e. The quantitative estimate of drug-likeness (QED) is 0.610. The Labute approximate surface area is 81.7 Å². The van der Waals surface area contributed by atoms with Crippen molar-refractivity contribution < 1.29 is 4.79 Å². The van der Waals surface area contributed by atoms with Crippen molar-refractivity contribution in [3.63, 3.8) is 0 Å². The third-order valence-corrected chi connectivity index (χ3v) is 2.12. The molecule has 5 nitrogen and oxygen atoms in total. The van der Waals surface area contributed by atoms with Gasteiger partial charge in [0.2, 0.25) is 5.91 Å². The van der Waals surface area contributed by atoms with Crippen LogP contribution in [0.15, 0.2) is 18.5 Å². The second kappa shape index (κ2) is 3.53. The number of nitrogens with zero attached hydrogens (tertiary/aromatic N) is 1. The molecule has 0 spiro atoms. The van der Waals surface area contributed by atoms with Crippen LogP contribution in [0.5, 0.6) is 0 Å². The summed E-state index contributed by atoms with van der Waals surface area (Å²) in [6.45, 7) is 0. The highest BCUT2D eigenvalue weighted by molar-refractivity contribution is 5.82. The highest BCUT2D eigenvalue weighted by atomic mass is 16.2. The Morgan fingerprint density at radius 2 is 2.36 bits per heavy atom. The lowest BCUT2D eigenvalue weighted by Crippen LogP contribution is -2.30. The highest BCUT2D eigenvalue weighted by Crippen LogP contribution is 2.28. The van der Waals surface area contributed by atoms with Gasteiger partial charge >= 0.3 is 0 Å². The first-order chi connectivity index (χ1) is 6.77. The number of pyridine rings is 1. The standard InChI is InChI=1S/C9H12N4O/c10-7-5-11-4-3-8(7)12-13-9(14)6-1-2-6/h3-6H,1-2,10H2,(H,11,12)(H,13,14). The van der Waals surface area contributed by atoms with Gasteiger partial charge in [0.15, 0.2) is 0 Å². The summed E-state index contributed by atoms with van der Waals surface area (Å²) in [5, 5.41) is 0. The molecule has 1 amide bonds. The van der Waals surface area contributed by atoms with Crippen LogP contribution in [0.1, 0.15) is 12.8 Å². The van der Waals surface area contributed by atoms with Gasteiger partial charge in [0.25, 0.3) is 0 Å². The number of hydrogen-bond donors (Lipinski definition) is 3. The van der Waals surface area contributed by atoms with Crippen molar-refractivity contribution in [1.82, 2.24) is 10.4 Å². The number of rotatable bonds is 3. The van der Waals surface area contributed by atoms with Crippen molar-refractivity contribution in [2.24, 2.45) is 5.92 Å². The van der Waals surface area contributed by atoms with Gasteiger partial charge in [-0.1, -0.05) is 0 Å². The molecule has 1 fully saturated rings. The second-order valence-corrected chi connectivity index (χ2v) is 3.35. The zero-order valence-corrected chi connectivity index (χ0v) is 7.66. The SMILES string of the molecule is Nc1cnccc1NNC(=O)C1CC1. The van der Waals surface area contributed by atoms with E-state index in [1.807, 2.05) is 0 Å². The van der Waals surface area contributed by atoms with Crippen LogP contribution < -0.4 is 16.6 Å². The first-order valence-corrected chi connectivity index (χ1v) is 4.53. The van der Waals surface area contributed by atoms with Crippen LogP contribution in [-0.4, -0.2) is 10.9 Å². The Morgan fingerprint density at radius 1 is 1.57 bits per heavy atom. The first kappa shape index (κ1) is 8.80. The van der Waals surface area contributed by atoms with E-state index in [0.717, 1.165) is 12.8 Å². The number of nitrogens with two attached hydrogens (primary N) is 1. The van der Waals surface area contributed by atoms with E-state index < -0.39 is 0 Å². The van der Waals surface area contributed by atoms with Gasteiger partial charge in [-0.25, -0.2) is 0 Å². The maximum atomic E-state index is 11.3. The molecular formula is C9H12N4O. The average Bonchev–Trinajstić information content (AvgIpc) is 2.99. The molecule has 14 heavy (non-hydrogen) atoms. The lowest BCUT2D eigenvalue weighted by Gasteiger charge is -2.09. The van der Waals surface area contributed by atoms with Gasteiger partial charge in [0.1, 0.15) is 0 Å². The van der Waals surface area contributed by atoms with Crippen LogP contribution in [0.25, 0.3) is 0 Å². The third-order valence-electron chi connectivity index (χ3n) is 2.12. The minimum atomic E-state index is 0.0289. The number of aromatic nitrogens is 1. The lowest BCUT2D eigenvalue weighted by molar-refractivity contribution is -0.121. The first-order valence-electron chi connectivity index (χ1n) is 4.53. The molecule has 5 heteroatoms. The van der Waals surface area contributed by atoms with E-state index in [1.54, 1.807) is 12.3 Å². The number of hydrogen-bond acceptors (Lipinski definition) is 4. The highest BCUT2D eigenvalue weighted by Gasteiger charge is 2.29. The monoisotopic (exact) mass is 192 g/mol. The Balaban J connectivity index is 1.91. The fraction of sp³-hybridized carbons (Fsp3) is 0.333. The fourth-order valence-corrected chi connectivity index (χ4v) is 1.10. The van der Waals surface area contributed by atoms with E-state index in [1.165, 1.54) is 6.20 Å². The summed E-state index contributed by atoms with van der Waals surface area (Å²) in [4.78, 5) is 15.1. The molecule has 0 aliphatic heterocycles. The normalized spacial score (nSPS) is 14.9. The molecule has 1 aromatic heterocycles. The van der Waals surface area contributed by atoms with Gasteiger partial charge in [-0.15, -0.1) is 0 Å². The predicted molar refractivity (Wildman–Crippen MR) is 53.1 cm³/mol. The van der Waals surface area contributed by atoms with E-state index in [9.17, 15) is 4.79 Å². The number of nitrogen functional groups attached to an aromatic ring is 1. The summed E-state index contributed by atoms with van der Waals surface area (Å²) in [7, 11) is 0. The molecule has 0 radical (unpaired) electrons. The Kier molecular flexibility index (Phi) is 2.22. The van der Waals surface area contributed by atoms with Gasteiger partial charge in [0, 0.05) is 12.1 Å². The number of amides is 1. The maximum Gasteiger partial charge on any atom is 0.241 e. The van der Waals surface area contributed by atoms with Crippen LogP contribution in [0.3, 0.4) is 0 Å². The molecule has 74 valence electrons. The molecular weight excluding hydrogens is 180 g/mol. The number of hydrazine groups is 1. The summed E-state index contributed by atoms with van der Waals surface area (Å²) >= 11 is 0. The van der Waals surface area contributed by atoms with E-state index in [-0.39, 0.29) is 11.8 Å². The molecule has 0 saturated heterocycles. The Hall–Kier alpha value is -1.78. The summed E-state index contributed by atoms with van der Waals surface area (Å²) in [5.41, 5.74) is 12.2. The molecule has 1 aliphatic carbocycles. The van der Waals surface area contributed by atoms with Gasteiger partial charge < -0.3 is 5.73 Å². The van der Waals surface area contributed by atoms with Crippen LogP contribution in [0.2, 0.25) is 0 Å². The van der Waals surface area contributed by atoms with Crippen molar-refractivity contribution in [2.45, 2.75) is 12.8 Å². The molecule has 0 aromatic carbocycles. The molecule has 1 heterocycles. The molecule has 1 aromatic rings. The smallest absolute Gasteiger partial charge is 0.241 e. The fourth-order valence-electron chi connectivity index (χ4n) is 1.10. The zero-order chi connectivity index (χ0) is 9.97. The van der Waals surface area contributed by atoms with Crippen molar-refractivity contribution in [2.75, 3.05) is 11.2 Å².